The van der Waals surface area contributed by atoms with Gasteiger partial charge in [-0.1, -0.05) is 43.6 Å². The third kappa shape index (κ3) is 5.08. The van der Waals surface area contributed by atoms with Gasteiger partial charge in [0.2, 0.25) is 11.8 Å². The van der Waals surface area contributed by atoms with E-state index in [1.165, 1.54) is 23.3 Å². The lowest BCUT2D eigenvalue weighted by Gasteiger charge is -2.37. The first-order chi connectivity index (χ1) is 13.4. The third-order valence-corrected chi connectivity index (χ3v) is 6.59. The van der Waals surface area contributed by atoms with Gasteiger partial charge in [-0.2, -0.15) is 0 Å². The maximum Gasteiger partial charge on any atom is 0.236 e. The molecule has 0 radical (unpaired) electrons. The maximum atomic E-state index is 12.8. The highest BCUT2D eigenvalue weighted by Gasteiger charge is 2.35. The molecule has 1 atom stereocenters. The predicted molar refractivity (Wildman–Crippen MR) is 114 cm³/mol. The molecule has 152 valence electrons. The summed E-state index contributed by atoms with van der Waals surface area (Å²) in [5.41, 5.74) is 7.71. The fourth-order valence-corrected chi connectivity index (χ4v) is 4.88. The van der Waals surface area contributed by atoms with Crippen LogP contribution in [0.25, 0.3) is 10.2 Å². The largest absolute Gasteiger partial charge is 0.354 e. The van der Waals surface area contributed by atoms with E-state index in [4.69, 9.17) is 5.73 Å². The fraction of sp³-hybridized carbons (Fsp3) is 0.571. The first-order valence-electron chi connectivity index (χ1n) is 10.1. The molecule has 0 bridgehead atoms. The number of amides is 2. The zero-order valence-electron chi connectivity index (χ0n) is 16.7. The lowest BCUT2D eigenvalue weighted by molar-refractivity contribution is -0.124. The molecular formula is C21H30N4O2S. The van der Waals surface area contributed by atoms with Crippen molar-refractivity contribution in [3.63, 3.8) is 0 Å². The van der Waals surface area contributed by atoms with E-state index < -0.39 is 6.04 Å². The summed E-state index contributed by atoms with van der Waals surface area (Å²) in [7, 11) is 0. The zero-order chi connectivity index (χ0) is 20.1. The van der Waals surface area contributed by atoms with Crippen LogP contribution in [-0.2, 0) is 9.59 Å². The highest BCUT2D eigenvalue weighted by Crippen LogP contribution is 2.39. The molecule has 1 aliphatic carbocycles. The molecule has 2 amide bonds. The Morgan fingerprint density at radius 3 is 2.75 bits per heavy atom. The minimum Gasteiger partial charge on any atom is -0.354 e. The number of hydrogen-bond acceptors (Lipinski definition) is 5. The Morgan fingerprint density at radius 1 is 1.29 bits per heavy atom. The number of aryl methyl sites for hydroxylation is 1. The minimum atomic E-state index is -0.485. The molecule has 0 unspecified atom stereocenters. The summed E-state index contributed by atoms with van der Waals surface area (Å²) in [5, 5.41) is 6.59. The molecule has 1 aromatic carbocycles. The minimum absolute atomic E-state index is 0.0354. The van der Waals surface area contributed by atoms with Gasteiger partial charge >= 0.3 is 0 Å². The number of carbonyl (C=O) groups excluding carboxylic acids is 2. The van der Waals surface area contributed by atoms with E-state index in [-0.39, 0.29) is 17.2 Å². The van der Waals surface area contributed by atoms with Gasteiger partial charge in [0.25, 0.3) is 0 Å². The molecule has 0 spiro atoms. The van der Waals surface area contributed by atoms with Gasteiger partial charge in [0.05, 0.1) is 16.3 Å². The van der Waals surface area contributed by atoms with Crippen molar-refractivity contribution in [2.75, 3.05) is 11.9 Å². The number of nitrogens with two attached hydrogens (primary N) is 1. The molecule has 0 aliphatic heterocycles. The zero-order valence-corrected chi connectivity index (χ0v) is 17.5. The van der Waals surface area contributed by atoms with Gasteiger partial charge in [0, 0.05) is 13.0 Å². The van der Waals surface area contributed by atoms with Crippen LogP contribution in [0.4, 0.5) is 5.13 Å². The second-order valence-corrected chi connectivity index (χ2v) is 9.04. The van der Waals surface area contributed by atoms with E-state index in [1.807, 2.05) is 26.0 Å². The molecule has 7 heteroatoms. The van der Waals surface area contributed by atoms with Crippen LogP contribution >= 0.6 is 11.3 Å². The number of anilines is 1. The Labute approximate surface area is 170 Å². The SMILES string of the molecule is CC[C@H](N)C(=O)NCC1(CC(=O)Nc2nc3ccc(C)cc3s2)CCCCC1. The Bertz CT molecular complexity index is 842. The van der Waals surface area contributed by atoms with Crippen molar-refractivity contribution in [2.24, 2.45) is 11.1 Å². The molecule has 28 heavy (non-hydrogen) atoms. The van der Waals surface area contributed by atoms with Gasteiger partial charge < -0.3 is 16.4 Å². The number of nitrogens with one attached hydrogen (secondary N) is 2. The standard InChI is InChI=1S/C21H30N4O2S/c1-3-15(22)19(27)23-13-21(9-5-4-6-10-21)12-18(26)25-20-24-16-8-7-14(2)11-17(16)28-20/h7-8,11,15H,3-6,9-10,12-13,22H2,1-2H3,(H,23,27)(H,24,25,26)/t15-/m0/s1. The molecule has 1 fully saturated rings. The van der Waals surface area contributed by atoms with Gasteiger partial charge in [-0.15, -0.1) is 0 Å². The van der Waals surface area contributed by atoms with E-state index in [9.17, 15) is 9.59 Å². The quantitative estimate of drug-likeness (QED) is 0.657. The van der Waals surface area contributed by atoms with Crippen molar-refractivity contribution in [1.29, 1.82) is 0 Å². The van der Waals surface area contributed by atoms with Crippen LogP contribution in [0.3, 0.4) is 0 Å². The van der Waals surface area contributed by atoms with E-state index in [0.717, 1.165) is 35.9 Å². The summed E-state index contributed by atoms with van der Waals surface area (Å²) < 4.78 is 1.07. The van der Waals surface area contributed by atoms with Crippen LogP contribution in [0, 0.1) is 12.3 Å². The number of aromatic nitrogens is 1. The number of benzene rings is 1. The average Bonchev–Trinajstić information content (AvgIpc) is 3.07. The smallest absolute Gasteiger partial charge is 0.236 e. The molecule has 0 saturated heterocycles. The first kappa shape index (κ1) is 20.7. The number of rotatable bonds is 7. The molecule has 1 aromatic heterocycles. The monoisotopic (exact) mass is 402 g/mol. The highest BCUT2D eigenvalue weighted by atomic mass is 32.1. The lowest BCUT2D eigenvalue weighted by atomic mass is 9.71. The molecule has 1 aliphatic rings. The van der Waals surface area contributed by atoms with Crippen LogP contribution in [-0.4, -0.2) is 29.4 Å². The molecule has 2 aromatic rings. The third-order valence-electron chi connectivity index (χ3n) is 5.65. The van der Waals surface area contributed by atoms with E-state index in [2.05, 4.69) is 21.7 Å². The highest BCUT2D eigenvalue weighted by molar-refractivity contribution is 7.22. The van der Waals surface area contributed by atoms with E-state index in [1.54, 1.807) is 0 Å². The van der Waals surface area contributed by atoms with Gasteiger partial charge in [0.1, 0.15) is 0 Å². The normalized spacial score (nSPS) is 17.2. The van der Waals surface area contributed by atoms with Crippen molar-refractivity contribution in [2.45, 2.75) is 64.8 Å². The Morgan fingerprint density at radius 2 is 2.04 bits per heavy atom. The summed E-state index contributed by atoms with van der Waals surface area (Å²) in [6.45, 7) is 4.45. The Balaban J connectivity index is 1.65. The van der Waals surface area contributed by atoms with Crippen molar-refractivity contribution in [3.8, 4) is 0 Å². The number of fused-ring (bicyclic) bond motifs is 1. The summed E-state index contributed by atoms with van der Waals surface area (Å²) in [6.07, 6.45) is 6.25. The summed E-state index contributed by atoms with van der Waals surface area (Å²) in [6, 6.07) is 5.60. The lowest BCUT2D eigenvalue weighted by Crippen LogP contribution is -2.46. The number of nitrogens with zero attached hydrogens (tertiary/aromatic N) is 1. The van der Waals surface area contributed by atoms with Crippen LogP contribution in [0.1, 0.15) is 57.4 Å². The average molecular weight is 403 g/mol. The number of thiazole rings is 1. The van der Waals surface area contributed by atoms with E-state index >= 15 is 0 Å². The topological polar surface area (TPSA) is 97.1 Å². The van der Waals surface area contributed by atoms with Gasteiger partial charge in [-0.3, -0.25) is 9.59 Å². The van der Waals surface area contributed by atoms with Gasteiger partial charge in [-0.25, -0.2) is 4.98 Å². The molecule has 1 saturated carbocycles. The van der Waals surface area contributed by atoms with E-state index in [0.29, 0.717) is 24.5 Å². The fourth-order valence-electron chi connectivity index (χ4n) is 3.90. The molecule has 3 rings (SSSR count). The Kier molecular flexibility index (Phi) is 6.67. The summed E-state index contributed by atoms with van der Waals surface area (Å²) >= 11 is 1.50. The second kappa shape index (κ2) is 9.01. The predicted octanol–water partition coefficient (Wildman–Crippen LogP) is 3.74. The van der Waals surface area contributed by atoms with Crippen LogP contribution in [0.15, 0.2) is 18.2 Å². The molecule has 1 heterocycles. The summed E-state index contributed by atoms with van der Waals surface area (Å²) in [4.78, 5) is 29.4. The first-order valence-corrected chi connectivity index (χ1v) is 10.9. The van der Waals surface area contributed by atoms with Crippen LogP contribution in [0.2, 0.25) is 0 Å². The second-order valence-electron chi connectivity index (χ2n) is 8.01. The Hall–Kier alpha value is -1.99. The summed E-state index contributed by atoms with van der Waals surface area (Å²) in [5.74, 6) is -0.166. The van der Waals surface area contributed by atoms with Crippen LogP contribution in [0.5, 0.6) is 0 Å². The van der Waals surface area contributed by atoms with Crippen molar-refractivity contribution >= 4 is 38.5 Å². The molecule has 6 nitrogen and oxygen atoms in total. The van der Waals surface area contributed by atoms with Gasteiger partial charge in [0.15, 0.2) is 5.13 Å². The maximum absolute atomic E-state index is 12.8. The van der Waals surface area contributed by atoms with Crippen molar-refractivity contribution < 1.29 is 9.59 Å². The van der Waals surface area contributed by atoms with Crippen LogP contribution < -0.4 is 16.4 Å². The van der Waals surface area contributed by atoms with Crippen molar-refractivity contribution in [1.82, 2.24) is 10.3 Å². The number of carbonyl (C=O) groups is 2. The molecular weight excluding hydrogens is 372 g/mol. The number of hydrogen-bond donors (Lipinski definition) is 3. The van der Waals surface area contributed by atoms with Crippen molar-refractivity contribution in [3.05, 3.63) is 23.8 Å². The molecule has 4 N–H and O–H groups in total. The van der Waals surface area contributed by atoms with Gasteiger partial charge in [-0.05, 0) is 49.3 Å².